The molecule has 0 saturated heterocycles. The average molecular weight is 255 g/mol. The van der Waals surface area contributed by atoms with Crippen LogP contribution in [0.5, 0.6) is 5.75 Å². The zero-order valence-electron chi connectivity index (χ0n) is 7.74. The number of rotatable bonds is 5. The lowest BCUT2D eigenvalue weighted by Crippen LogP contribution is -1.97. The lowest BCUT2D eigenvalue weighted by molar-refractivity contribution is 0.306. The highest BCUT2D eigenvalue weighted by Gasteiger charge is 1.95. The maximum absolute atomic E-state index is 8.31. The van der Waals surface area contributed by atoms with Crippen molar-refractivity contribution in [2.24, 2.45) is 0 Å². The van der Waals surface area contributed by atoms with Gasteiger partial charge in [0.15, 0.2) is 0 Å². The molecule has 0 bridgehead atoms. The first-order valence-corrected chi connectivity index (χ1v) is 5.22. The molecule has 1 heterocycles. The van der Waals surface area contributed by atoms with Gasteiger partial charge in [0, 0.05) is 17.1 Å². The Labute approximate surface area is 91.8 Å². The molecule has 14 heavy (non-hydrogen) atoms. The maximum Gasteiger partial charge on any atom is 0.138 e. The van der Waals surface area contributed by atoms with Gasteiger partial charge in [0.2, 0.25) is 0 Å². The largest absolute Gasteiger partial charge is 0.492 e. The molecule has 0 spiro atoms. The molecule has 0 atom stereocenters. The molecule has 0 N–H and O–H groups in total. The van der Waals surface area contributed by atoms with Crippen LogP contribution in [-0.2, 0) is 0 Å². The summed E-state index contributed by atoms with van der Waals surface area (Å²) in [6, 6.07) is 3.97. The summed E-state index contributed by atoms with van der Waals surface area (Å²) in [5.74, 6) is 0.760. The SMILES string of the molecule is N#CCCCCOc1cncc(Br)c1. The summed E-state index contributed by atoms with van der Waals surface area (Å²) in [6.45, 7) is 0.639. The second kappa shape index (κ2) is 6.39. The Morgan fingerprint density at radius 3 is 3.00 bits per heavy atom. The Hall–Kier alpha value is -1.08. The summed E-state index contributed by atoms with van der Waals surface area (Å²) in [6.07, 6.45) is 5.77. The molecule has 0 aliphatic heterocycles. The van der Waals surface area contributed by atoms with Gasteiger partial charge in [0.25, 0.3) is 0 Å². The van der Waals surface area contributed by atoms with Gasteiger partial charge in [-0.2, -0.15) is 5.26 Å². The predicted molar refractivity (Wildman–Crippen MR) is 56.9 cm³/mol. The van der Waals surface area contributed by atoms with E-state index in [0.717, 1.165) is 23.1 Å². The number of nitriles is 1. The molecule has 0 aromatic carbocycles. The van der Waals surface area contributed by atoms with Gasteiger partial charge in [-0.05, 0) is 34.8 Å². The fourth-order valence-electron chi connectivity index (χ4n) is 0.967. The number of ether oxygens (including phenoxy) is 1. The molecular weight excluding hydrogens is 244 g/mol. The van der Waals surface area contributed by atoms with Crippen molar-refractivity contribution in [1.82, 2.24) is 4.98 Å². The molecule has 0 saturated carbocycles. The molecular formula is C10H11BrN2O. The van der Waals surface area contributed by atoms with Gasteiger partial charge < -0.3 is 4.74 Å². The van der Waals surface area contributed by atoms with E-state index in [9.17, 15) is 0 Å². The summed E-state index contributed by atoms with van der Waals surface area (Å²) < 4.78 is 6.34. The first kappa shape index (κ1) is 11.0. The molecule has 3 nitrogen and oxygen atoms in total. The monoisotopic (exact) mass is 254 g/mol. The summed E-state index contributed by atoms with van der Waals surface area (Å²) in [5, 5.41) is 8.31. The molecule has 0 aliphatic carbocycles. The topological polar surface area (TPSA) is 45.9 Å². The summed E-state index contributed by atoms with van der Waals surface area (Å²) >= 11 is 3.31. The number of halogens is 1. The summed E-state index contributed by atoms with van der Waals surface area (Å²) in [7, 11) is 0. The molecule has 4 heteroatoms. The van der Waals surface area contributed by atoms with Crippen molar-refractivity contribution in [3.8, 4) is 11.8 Å². The Balaban J connectivity index is 2.22. The standard InChI is InChI=1S/C10H11BrN2O/c11-9-6-10(8-13-7-9)14-5-3-1-2-4-12/h6-8H,1-3,5H2. The van der Waals surface area contributed by atoms with Crippen molar-refractivity contribution < 1.29 is 4.74 Å². The van der Waals surface area contributed by atoms with Crippen LogP contribution in [0, 0.1) is 11.3 Å². The number of nitrogens with zero attached hydrogens (tertiary/aromatic N) is 2. The van der Waals surface area contributed by atoms with Crippen LogP contribution < -0.4 is 4.74 Å². The van der Waals surface area contributed by atoms with E-state index in [1.807, 2.05) is 6.07 Å². The highest BCUT2D eigenvalue weighted by Crippen LogP contribution is 2.15. The molecule has 0 unspecified atom stereocenters. The van der Waals surface area contributed by atoms with Crippen LogP contribution in [0.15, 0.2) is 22.9 Å². The lowest BCUT2D eigenvalue weighted by Gasteiger charge is -2.04. The van der Waals surface area contributed by atoms with Crippen LogP contribution in [0.25, 0.3) is 0 Å². The van der Waals surface area contributed by atoms with Crippen molar-refractivity contribution >= 4 is 15.9 Å². The van der Waals surface area contributed by atoms with Crippen molar-refractivity contribution in [3.05, 3.63) is 22.9 Å². The number of pyridine rings is 1. The second-order valence-electron chi connectivity index (χ2n) is 2.80. The van der Waals surface area contributed by atoms with Gasteiger partial charge in [0.05, 0.1) is 18.9 Å². The molecule has 74 valence electrons. The summed E-state index contributed by atoms with van der Waals surface area (Å²) in [5.41, 5.74) is 0. The van der Waals surface area contributed by atoms with Crippen molar-refractivity contribution in [1.29, 1.82) is 5.26 Å². The summed E-state index contributed by atoms with van der Waals surface area (Å²) in [4.78, 5) is 3.98. The minimum atomic E-state index is 0.597. The molecule has 0 aliphatic rings. The lowest BCUT2D eigenvalue weighted by atomic mass is 10.3. The van der Waals surface area contributed by atoms with Crippen LogP contribution in [0.2, 0.25) is 0 Å². The van der Waals surface area contributed by atoms with Crippen LogP contribution in [0.1, 0.15) is 19.3 Å². The van der Waals surface area contributed by atoms with E-state index in [1.165, 1.54) is 0 Å². The minimum Gasteiger partial charge on any atom is -0.492 e. The minimum absolute atomic E-state index is 0.597. The molecule has 1 aromatic rings. The van der Waals surface area contributed by atoms with E-state index >= 15 is 0 Å². The van der Waals surface area contributed by atoms with Crippen molar-refractivity contribution in [2.75, 3.05) is 6.61 Å². The molecule has 0 radical (unpaired) electrons. The third-order valence-corrected chi connectivity index (χ3v) is 2.07. The Kier molecular flexibility index (Phi) is 5.02. The normalized spacial score (nSPS) is 9.43. The third kappa shape index (κ3) is 4.24. The zero-order valence-corrected chi connectivity index (χ0v) is 9.33. The first-order chi connectivity index (χ1) is 6.83. The van der Waals surface area contributed by atoms with Crippen molar-refractivity contribution in [2.45, 2.75) is 19.3 Å². The van der Waals surface area contributed by atoms with Crippen LogP contribution in [0.3, 0.4) is 0 Å². The Morgan fingerprint density at radius 1 is 1.43 bits per heavy atom. The molecule has 0 amide bonds. The van der Waals surface area contributed by atoms with E-state index in [1.54, 1.807) is 12.4 Å². The predicted octanol–water partition coefficient (Wildman–Crippen LogP) is 2.92. The quantitative estimate of drug-likeness (QED) is 0.760. The molecule has 1 aromatic heterocycles. The number of hydrogen-bond donors (Lipinski definition) is 0. The van der Waals surface area contributed by atoms with Crippen LogP contribution in [-0.4, -0.2) is 11.6 Å². The Morgan fingerprint density at radius 2 is 2.29 bits per heavy atom. The van der Waals surface area contributed by atoms with Gasteiger partial charge >= 0.3 is 0 Å². The number of unbranched alkanes of at least 4 members (excludes halogenated alkanes) is 2. The van der Waals surface area contributed by atoms with E-state index in [-0.39, 0.29) is 0 Å². The first-order valence-electron chi connectivity index (χ1n) is 4.43. The molecule has 1 rings (SSSR count). The van der Waals surface area contributed by atoms with Gasteiger partial charge in [-0.15, -0.1) is 0 Å². The smallest absolute Gasteiger partial charge is 0.138 e. The highest BCUT2D eigenvalue weighted by atomic mass is 79.9. The van der Waals surface area contributed by atoms with Gasteiger partial charge in [-0.1, -0.05) is 0 Å². The maximum atomic E-state index is 8.31. The van der Waals surface area contributed by atoms with Crippen LogP contribution >= 0.6 is 15.9 Å². The van der Waals surface area contributed by atoms with Crippen LogP contribution in [0.4, 0.5) is 0 Å². The van der Waals surface area contributed by atoms with Gasteiger partial charge in [-0.25, -0.2) is 0 Å². The fourth-order valence-corrected chi connectivity index (χ4v) is 1.31. The third-order valence-electron chi connectivity index (χ3n) is 1.63. The fraction of sp³-hybridized carbons (Fsp3) is 0.400. The molecule has 0 fully saturated rings. The van der Waals surface area contributed by atoms with E-state index in [4.69, 9.17) is 10.00 Å². The zero-order chi connectivity index (χ0) is 10.2. The average Bonchev–Trinajstić information content (AvgIpc) is 2.18. The van der Waals surface area contributed by atoms with E-state index in [0.29, 0.717) is 13.0 Å². The Bertz CT molecular complexity index is 322. The number of hydrogen-bond acceptors (Lipinski definition) is 3. The van der Waals surface area contributed by atoms with Gasteiger partial charge in [0.1, 0.15) is 5.75 Å². The van der Waals surface area contributed by atoms with E-state index < -0.39 is 0 Å². The van der Waals surface area contributed by atoms with E-state index in [2.05, 4.69) is 27.0 Å². The highest BCUT2D eigenvalue weighted by molar-refractivity contribution is 9.10. The number of aromatic nitrogens is 1. The second-order valence-corrected chi connectivity index (χ2v) is 3.72. The van der Waals surface area contributed by atoms with Crippen molar-refractivity contribution in [3.63, 3.8) is 0 Å². The van der Waals surface area contributed by atoms with Gasteiger partial charge in [-0.3, -0.25) is 4.98 Å².